The van der Waals surface area contributed by atoms with Crippen LogP contribution in [0.1, 0.15) is 60.8 Å². The fraction of sp³-hybridized carbons (Fsp3) is 0.500. The first-order chi connectivity index (χ1) is 18.3. The number of hydrogen-bond donors (Lipinski definition) is 4. The van der Waals surface area contributed by atoms with Gasteiger partial charge in [-0.05, 0) is 99.3 Å². The molecule has 1 heterocycles. The summed E-state index contributed by atoms with van der Waals surface area (Å²) in [7, 11) is 0. The van der Waals surface area contributed by atoms with Crippen molar-refractivity contribution in [1.82, 2.24) is 16.0 Å². The molecule has 1 fully saturated rings. The van der Waals surface area contributed by atoms with E-state index >= 15 is 0 Å². The van der Waals surface area contributed by atoms with Gasteiger partial charge >= 0.3 is 5.97 Å². The highest BCUT2D eigenvalue weighted by atomic mass is 16.5. The molecule has 1 unspecified atom stereocenters. The third-order valence-corrected chi connectivity index (χ3v) is 7.18. The summed E-state index contributed by atoms with van der Waals surface area (Å²) in [5.41, 5.74) is 4.20. The van der Waals surface area contributed by atoms with Crippen LogP contribution in [0.5, 0.6) is 5.75 Å². The van der Waals surface area contributed by atoms with E-state index in [0.29, 0.717) is 31.9 Å². The summed E-state index contributed by atoms with van der Waals surface area (Å²) in [6.45, 7) is 7.17. The van der Waals surface area contributed by atoms with Crippen LogP contribution in [0.15, 0.2) is 42.5 Å². The van der Waals surface area contributed by atoms with Gasteiger partial charge in [-0.2, -0.15) is 0 Å². The number of ether oxygens (including phenoxy) is 1. The number of nitrogens with one attached hydrogen (secondary N) is 3. The van der Waals surface area contributed by atoms with Gasteiger partial charge in [0.05, 0.1) is 13.0 Å². The lowest BCUT2D eigenvalue weighted by molar-refractivity contribution is -0.139. The third kappa shape index (κ3) is 9.82. The van der Waals surface area contributed by atoms with Crippen molar-refractivity contribution in [3.8, 4) is 5.75 Å². The maximum absolute atomic E-state index is 13.2. The Morgan fingerprint density at radius 3 is 2.63 bits per heavy atom. The molecule has 0 bridgehead atoms. The van der Waals surface area contributed by atoms with E-state index in [-0.39, 0.29) is 18.7 Å². The van der Waals surface area contributed by atoms with Crippen LogP contribution in [0, 0.1) is 19.8 Å². The van der Waals surface area contributed by atoms with Crippen molar-refractivity contribution >= 4 is 17.8 Å². The molecule has 38 heavy (non-hydrogen) atoms. The van der Waals surface area contributed by atoms with Gasteiger partial charge in [-0.15, -0.1) is 0 Å². The summed E-state index contributed by atoms with van der Waals surface area (Å²) >= 11 is 0. The fourth-order valence-corrected chi connectivity index (χ4v) is 4.69. The molecule has 1 saturated heterocycles. The number of aliphatic carboxylic acids is 1. The molecule has 0 spiro atoms. The van der Waals surface area contributed by atoms with Crippen LogP contribution in [0.3, 0.4) is 0 Å². The van der Waals surface area contributed by atoms with Gasteiger partial charge in [-0.25, -0.2) is 0 Å². The van der Waals surface area contributed by atoms with E-state index < -0.39 is 17.9 Å². The van der Waals surface area contributed by atoms with Crippen LogP contribution in [-0.2, 0) is 27.3 Å². The second kappa shape index (κ2) is 15.1. The molecule has 0 aliphatic carbocycles. The lowest BCUT2D eigenvalue weighted by atomic mass is 9.97. The molecule has 4 N–H and O–H groups in total. The SMILES string of the molecule is Cc1cc(OCCC2CCCNC2)cc(CNC(=O)[C@H](CCc2ccccc2)NC(=O)CCC(=O)O)c1C. The smallest absolute Gasteiger partial charge is 0.303 e. The van der Waals surface area contributed by atoms with E-state index in [0.717, 1.165) is 47.5 Å². The van der Waals surface area contributed by atoms with E-state index in [2.05, 4.69) is 16.0 Å². The normalized spacial score (nSPS) is 15.9. The highest BCUT2D eigenvalue weighted by molar-refractivity contribution is 5.88. The maximum Gasteiger partial charge on any atom is 0.303 e. The Kier molecular flexibility index (Phi) is 11.6. The molecule has 3 rings (SSSR count). The minimum absolute atomic E-state index is 0.168. The van der Waals surface area contributed by atoms with Crippen molar-refractivity contribution in [2.45, 2.75) is 71.4 Å². The third-order valence-electron chi connectivity index (χ3n) is 7.18. The molecule has 2 aromatic rings. The summed E-state index contributed by atoms with van der Waals surface area (Å²) in [4.78, 5) is 36.3. The lowest BCUT2D eigenvalue weighted by Crippen LogP contribution is -2.46. The minimum atomic E-state index is -1.05. The Balaban J connectivity index is 1.60. The zero-order valence-corrected chi connectivity index (χ0v) is 22.6. The molecule has 1 aliphatic rings. The van der Waals surface area contributed by atoms with Gasteiger partial charge in [0, 0.05) is 13.0 Å². The number of aryl methyl sites for hydroxylation is 2. The van der Waals surface area contributed by atoms with Crippen LogP contribution < -0.4 is 20.7 Å². The maximum atomic E-state index is 13.2. The topological polar surface area (TPSA) is 117 Å². The summed E-state index contributed by atoms with van der Waals surface area (Å²) in [6, 6.07) is 13.0. The molecule has 8 nitrogen and oxygen atoms in total. The van der Waals surface area contributed by atoms with Crippen molar-refractivity contribution in [1.29, 1.82) is 0 Å². The second-order valence-corrected chi connectivity index (χ2v) is 10.1. The summed E-state index contributed by atoms with van der Waals surface area (Å²) < 4.78 is 6.08. The molecule has 2 amide bonds. The van der Waals surface area contributed by atoms with Crippen molar-refractivity contribution in [3.05, 3.63) is 64.7 Å². The van der Waals surface area contributed by atoms with Gasteiger partial charge in [0.1, 0.15) is 11.8 Å². The Morgan fingerprint density at radius 1 is 1.13 bits per heavy atom. The van der Waals surface area contributed by atoms with Crippen LogP contribution in [0.4, 0.5) is 0 Å². The average molecular weight is 524 g/mol. The quantitative estimate of drug-likeness (QED) is 0.300. The molecular formula is C30H41N3O5. The van der Waals surface area contributed by atoms with E-state index in [4.69, 9.17) is 9.84 Å². The number of rotatable bonds is 14. The predicted octanol–water partition coefficient (Wildman–Crippen LogP) is 3.67. The number of carbonyl (C=O) groups excluding carboxylic acids is 2. The van der Waals surface area contributed by atoms with Gasteiger partial charge in [0.2, 0.25) is 11.8 Å². The monoisotopic (exact) mass is 523 g/mol. The average Bonchev–Trinajstić information content (AvgIpc) is 2.92. The number of piperidine rings is 1. The van der Waals surface area contributed by atoms with E-state index in [9.17, 15) is 14.4 Å². The molecular weight excluding hydrogens is 482 g/mol. The molecule has 0 aromatic heterocycles. The highest BCUT2D eigenvalue weighted by Crippen LogP contribution is 2.23. The number of carboxylic acid groups (broad SMARTS) is 1. The lowest BCUT2D eigenvalue weighted by Gasteiger charge is -2.23. The second-order valence-electron chi connectivity index (χ2n) is 10.1. The summed E-state index contributed by atoms with van der Waals surface area (Å²) in [5.74, 6) is -0.348. The zero-order chi connectivity index (χ0) is 27.3. The van der Waals surface area contributed by atoms with Gasteiger partial charge in [-0.3, -0.25) is 14.4 Å². The van der Waals surface area contributed by atoms with Crippen LogP contribution in [0.25, 0.3) is 0 Å². The van der Waals surface area contributed by atoms with E-state index in [1.165, 1.54) is 12.8 Å². The first-order valence-electron chi connectivity index (χ1n) is 13.6. The van der Waals surface area contributed by atoms with Gasteiger partial charge in [0.25, 0.3) is 0 Å². The Hall–Kier alpha value is -3.39. The molecule has 0 saturated carbocycles. The number of carbonyl (C=O) groups is 3. The summed E-state index contributed by atoms with van der Waals surface area (Å²) in [5, 5.41) is 18.0. The Labute approximate surface area is 225 Å². The van der Waals surface area contributed by atoms with Crippen LogP contribution in [0.2, 0.25) is 0 Å². The Bertz CT molecular complexity index is 1070. The first-order valence-corrected chi connectivity index (χ1v) is 13.6. The largest absolute Gasteiger partial charge is 0.494 e. The van der Waals surface area contributed by atoms with Crippen molar-refractivity contribution < 1.29 is 24.2 Å². The number of hydrogen-bond acceptors (Lipinski definition) is 5. The highest BCUT2D eigenvalue weighted by Gasteiger charge is 2.21. The molecule has 8 heteroatoms. The standard InChI is InChI=1S/C30H41N3O5/c1-21-17-26(38-16-14-24-9-6-15-31-19-24)18-25(22(21)2)20-32-30(37)27(33-28(34)12-13-29(35)36)11-10-23-7-4-3-5-8-23/h3-5,7-8,17-18,24,27,31H,6,9-16,19-20H2,1-2H3,(H,32,37)(H,33,34)(H,35,36)/t24?,27-/m0/s1. The van der Waals surface area contributed by atoms with Crippen molar-refractivity contribution in [3.63, 3.8) is 0 Å². The molecule has 1 aliphatic heterocycles. The molecule has 2 aromatic carbocycles. The Morgan fingerprint density at radius 2 is 1.92 bits per heavy atom. The molecule has 0 radical (unpaired) electrons. The number of benzene rings is 2. The van der Waals surface area contributed by atoms with Gasteiger partial charge < -0.3 is 25.8 Å². The minimum Gasteiger partial charge on any atom is -0.494 e. The van der Waals surface area contributed by atoms with Crippen LogP contribution >= 0.6 is 0 Å². The van der Waals surface area contributed by atoms with Crippen LogP contribution in [-0.4, -0.2) is 48.6 Å². The first kappa shape index (κ1) is 29.2. The summed E-state index contributed by atoms with van der Waals surface area (Å²) in [6.07, 6.45) is 4.03. The molecule has 2 atom stereocenters. The van der Waals surface area contributed by atoms with Gasteiger partial charge in [0.15, 0.2) is 0 Å². The van der Waals surface area contributed by atoms with Crippen molar-refractivity contribution in [2.24, 2.45) is 5.92 Å². The fourth-order valence-electron chi connectivity index (χ4n) is 4.69. The van der Waals surface area contributed by atoms with E-state index in [1.807, 2.05) is 56.3 Å². The van der Waals surface area contributed by atoms with Gasteiger partial charge in [-0.1, -0.05) is 30.3 Å². The van der Waals surface area contributed by atoms with Crippen molar-refractivity contribution in [2.75, 3.05) is 19.7 Å². The zero-order valence-electron chi connectivity index (χ0n) is 22.6. The predicted molar refractivity (Wildman–Crippen MR) is 147 cm³/mol. The van der Waals surface area contributed by atoms with E-state index in [1.54, 1.807) is 0 Å². The number of amides is 2. The number of carboxylic acids is 1. The molecule has 206 valence electrons.